The molecular weight excluding hydrogens is 723 g/mol. The molecule has 0 spiro atoms. The Labute approximate surface area is 302 Å². The molecule has 1 aliphatic rings. The zero-order valence-corrected chi connectivity index (χ0v) is 29.8. The van der Waals surface area contributed by atoms with Gasteiger partial charge >= 0.3 is 18.2 Å². The summed E-state index contributed by atoms with van der Waals surface area (Å²) in [6.07, 6.45) is -4.77. The van der Waals surface area contributed by atoms with Crippen LogP contribution in [0.1, 0.15) is 43.0 Å². The Kier molecular flexibility index (Phi) is 11.2. The maximum atomic E-state index is 14.8. The number of alkyl halides is 3. The van der Waals surface area contributed by atoms with E-state index in [1.807, 2.05) is 0 Å². The number of sulfone groups is 1. The molecule has 3 aromatic carbocycles. The summed E-state index contributed by atoms with van der Waals surface area (Å²) in [5, 5.41) is 4.69. The van der Waals surface area contributed by atoms with Gasteiger partial charge < -0.3 is 35.0 Å². The number of rotatable bonds is 10. The quantitative estimate of drug-likeness (QED) is 0.188. The number of benzene rings is 3. The maximum Gasteiger partial charge on any atom is 0.493 e. The fourth-order valence-corrected chi connectivity index (χ4v) is 7.21. The second-order valence-electron chi connectivity index (χ2n) is 11.8. The Bertz CT molecular complexity index is 2150. The van der Waals surface area contributed by atoms with Crippen molar-refractivity contribution in [2.45, 2.75) is 42.9 Å². The van der Waals surface area contributed by atoms with Crippen LogP contribution in [0.2, 0.25) is 0 Å². The van der Waals surface area contributed by atoms with Gasteiger partial charge in [-0.1, -0.05) is 13.0 Å². The molecule has 4 aromatic rings. The standard InChI is InChI=1S/C35H36F3N5O9S/c1-5-53(47,48)29-13-10-23(43(34(46)51-4)52-33(45)35(36,37)38)19-25(29)26-7-6-16-42(26)32(44)30(21-8-12-27(49-2)28(18-21)50-3)41-22-9-11-24-20(17-22)14-15-40-31(24)39/h8-15,17-19,26,30,41H,5-7,16H2,1-4H3,(H2,39,40)/t26-,30+/m1/s1. The molecule has 0 saturated carbocycles. The van der Waals surface area contributed by atoms with Crippen LogP contribution >= 0.6 is 0 Å². The van der Waals surface area contributed by atoms with Gasteiger partial charge in [0, 0.05) is 23.8 Å². The summed E-state index contributed by atoms with van der Waals surface area (Å²) >= 11 is 0. The first-order valence-electron chi connectivity index (χ1n) is 16.1. The maximum absolute atomic E-state index is 14.8. The van der Waals surface area contributed by atoms with E-state index in [-0.39, 0.29) is 34.2 Å². The number of nitrogens with zero attached hydrogens (tertiary/aromatic N) is 3. The minimum absolute atomic E-state index is 0.00750. The number of aromatic nitrogens is 1. The highest BCUT2D eigenvalue weighted by atomic mass is 32.2. The summed E-state index contributed by atoms with van der Waals surface area (Å²) in [7, 11) is -0.255. The molecule has 1 aliphatic heterocycles. The molecule has 0 radical (unpaired) electrons. The molecule has 5 rings (SSSR count). The van der Waals surface area contributed by atoms with Crippen LogP contribution in [0.25, 0.3) is 10.8 Å². The topological polar surface area (TPSA) is 180 Å². The Hall–Kier alpha value is -5.78. The van der Waals surface area contributed by atoms with E-state index in [1.54, 1.807) is 48.7 Å². The van der Waals surface area contributed by atoms with Gasteiger partial charge in [0.15, 0.2) is 21.3 Å². The van der Waals surface area contributed by atoms with Crippen LogP contribution in [0.4, 0.5) is 35.2 Å². The van der Waals surface area contributed by atoms with Crippen molar-refractivity contribution in [3.8, 4) is 11.5 Å². The number of anilines is 3. The van der Waals surface area contributed by atoms with Crippen LogP contribution in [-0.2, 0) is 29.0 Å². The molecule has 14 nitrogen and oxygen atoms in total. The summed E-state index contributed by atoms with van der Waals surface area (Å²) in [4.78, 5) is 48.9. The van der Waals surface area contributed by atoms with Crippen molar-refractivity contribution in [1.82, 2.24) is 9.88 Å². The highest BCUT2D eigenvalue weighted by Gasteiger charge is 2.44. The van der Waals surface area contributed by atoms with Gasteiger partial charge in [0.25, 0.3) is 0 Å². The number of methoxy groups -OCH3 is 3. The molecule has 1 saturated heterocycles. The number of nitrogens with two attached hydrogens (primary N) is 1. The molecule has 1 aromatic heterocycles. The van der Waals surface area contributed by atoms with E-state index < -0.39 is 51.8 Å². The number of fused-ring (bicyclic) bond motifs is 1. The molecule has 3 N–H and O–H groups in total. The third kappa shape index (κ3) is 8.01. The van der Waals surface area contributed by atoms with Crippen LogP contribution in [0.5, 0.6) is 11.5 Å². The van der Waals surface area contributed by atoms with Crippen LogP contribution in [0.3, 0.4) is 0 Å². The van der Waals surface area contributed by atoms with Crippen molar-refractivity contribution in [2.75, 3.05) is 49.7 Å². The van der Waals surface area contributed by atoms with Crippen molar-refractivity contribution in [3.05, 3.63) is 78.0 Å². The van der Waals surface area contributed by atoms with Gasteiger partial charge in [0.05, 0.1) is 43.7 Å². The first-order valence-corrected chi connectivity index (χ1v) is 17.8. The number of likely N-dealkylation sites (tertiary alicyclic amines) is 1. The summed E-state index contributed by atoms with van der Waals surface area (Å²) in [6, 6.07) is 13.1. The van der Waals surface area contributed by atoms with Crippen molar-refractivity contribution >= 4 is 55.8 Å². The Morgan fingerprint density at radius 3 is 2.42 bits per heavy atom. The fourth-order valence-electron chi connectivity index (χ4n) is 6.07. The van der Waals surface area contributed by atoms with Crippen molar-refractivity contribution in [2.24, 2.45) is 0 Å². The van der Waals surface area contributed by atoms with E-state index in [4.69, 9.17) is 15.2 Å². The third-order valence-corrected chi connectivity index (χ3v) is 10.5. The molecule has 0 aliphatic carbocycles. The lowest BCUT2D eigenvalue weighted by Gasteiger charge is -2.32. The highest BCUT2D eigenvalue weighted by molar-refractivity contribution is 7.91. The van der Waals surface area contributed by atoms with E-state index in [2.05, 4.69) is 19.9 Å². The predicted molar refractivity (Wildman–Crippen MR) is 187 cm³/mol. The summed E-state index contributed by atoms with van der Waals surface area (Å²) < 4.78 is 81.8. The fraction of sp³-hybridized carbons (Fsp3) is 0.314. The molecule has 2 heterocycles. The van der Waals surface area contributed by atoms with Crippen molar-refractivity contribution in [3.63, 3.8) is 0 Å². The van der Waals surface area contributed by atoms with Crippen molar-refractivity contribution in [1.29, 1.82) is 0 Å². The van der Waals surface area contributed by atoms with Crippen LogP contribution in [0, 0.1) is 0 Å². The van der Waals surface area contributed by atoms with E-state index in [9.17, 15) is 36.0 Å². The van der Waals surface area contributed by atoms with Gasteiger partial charge in [-0.15, -0.1) is 5.06 Å². The summed E-state index contributed by atoms with van der Waals surface area (Å²) in [6.45, 7) is 1.56. The molecule has 18 heteroatoms. The molecule has 2 atom stereocenters. The number of hydroxylamine groups is 1. The van der Waals surface area contributed by atoms with Crippen LogP contribution in [-0.4, -0.2) is 76.1 Å². The number of hydrogen-bond donors (Lipinski definition) is 2. The van der Waals surface area contributed by atoms with Gasteiger partial charge in [-0.2, -0.15) is 13.2 Å². The molecule has 0 bridgehead atoms. The Balaban J connectivity index is 1.62. The second kappa shape index (κ2) is 15.4. The zero-order chi connectivity index (χ0) is 38.7. The van der Waals surface area contributed by atoms with Gasteiger partial charge in [0.1, 0.15) is 11.9 Å². The number of ether oxygens (including phenoxy) is 3. The molecule has 53 heavy (non-hydrogen) atoms. The molecule has 282 valence electrons. The van der Waals surface area contributed by atoms with Gasteiger partial charge in [0.2, 0.25) is 5.91 Å². The molecular formula is C35H36F3N5O9S. The average molecular weight is 760 g/mol. The lowest BCUT2D eigenvalue weighted by molar-refractivity contribution is -0.200. The molecule has 2 amide bonds. The molecule has 1 fully saturated rings. The van der Waals surface area contributed by atoms with Gasteiger partial charge in [-0.05, 0) is 84.0 Å². The van der Waals surface area contributed by atoms with E-state index in [1.165, 1.54) is 26.0 Å². The monoisotopic (exact) mass is 759 g/mol. The number of nitrogen functional groups attached to an aromatic ring is 1. The minimum Gasteiger partial charge on any atom is -0.493 e. The number of carbonyl (C=O) groups excluding carboxylic acids is 3. The van der Waals surface area contributed by atoms with E-state index >= 15 is 0 Å². The van der Waals surface area contributed by atoms with Gasteiger partial charge in [-0.3, -0.25) is 4.79 Å². The predicted octanol–water partition coefficient (Wildman–Crippen LogP) is 5.74. The number of carbonyl (C=O) groups is 3. The number of amides is 2. The van der Waals surface area contributed by atoms with Crippen LogP contribution < -0.4 is 25.6 Å². The third-order valence-electron chi connectivity index (χ3n) is 8.68. The lowest BCUT2D eigenvalue weighted by Crippen LogP contribution is -2.39. The number of halogens is 3. The first-order chi connectivity index (χ1) is 25.1. The number of hydrogen-bond acceptors (Lipinski definition) is 12. The normalized spacial score (nSPS) is 15.1. The highest BCUT2D eigenvalue weighted by Crippen LogP contribution is 2.41. The van der Waals surface area contributed by atoms with Crippen LogP contribution in [0.15, 0.2) is 71.8 Å². The number of nitrogens with one attached hydrogen (secondary N) is 1. The Morgan fingerprint density at radius 1 is 1.02 bits per heavy atom. The summed E-state index contributed by atoms with van der Waals surface area (Å²) in [5.41, 5.74) is 6.58. The van der Waals surface area contributed by atoms with E-state index in [0.29, 0.717) is 40.4 Å². The average Bonchev–Trinajstić information content (AvgIpc) is 3.64. The largest absolute Gasteiger partial charge is 0.493 e. The minimum atomic E-state index is -5.48. The van der Waals surface area contributed by atoms with Gasteiger partial charge in [-0.25, -0.2) is 23.0 Å². The Morgan fingerprint density at radius 2 is 1.75 bits per heavy atom. The SMILES string of the molecule is CCS(=O)(=O)c1ccc(N(OC(=O)C(F)(F)F)C(=O)OC)cc1[C@H]1CCCN1C(=O)[C@@H](Nc1ccc2c(N)nccc2c1)c1ccc(OC)c(OC)c1. The number of pyridine rings is 1. The second-order valence-corrected chi connectivity index (χ2v) is 14.0. The smallest absolute Gasteiger partial charge is 0.493 e. The van der Waals surface area contributed by atoms with E-state index in [0.717, 1.165) is 30.7 Å². The zero-order valence-electron chi connectivity index (χ0n) is 29.0. The van der Waals surface area contributed by atoms with Crippen molar-refractivity contribution < 1.29 is 55.0 Å². The first kappa shape index (κ1) is 38.5. The lowest BCUT2D eigenvalue weighted by atomic mass is 10.00. The molecule has 0 unspecified atom stereocenters. The summed E-state index contributed by atoms with van der Waals surface area (Å²) in [5.74, 6) is -2.51.